The molecule has 0 amide bonds. The molecule has 0 aromatic heterocycles. The zero-order chi connectivity index (χ0) is 13.5. The highest BCUT2D eigenvalue weighted by atomic mass is 16.5. The van der Waals surface area contributed by atoms with Crippen LogP contribution in [0.5, 0.6) is 11.5 Å². The monoisotopic (exact) mass is 265 g/mol. The number of hydrogen-bond donors (Lipinski definition) is 1. The highest BCUT2D eigenvalue weighted by Crippen LogP contribution is 2.24. The van der Waals surface area contributed by atoms with Gasteiger partial charge in [-0.05, 0) is 50.6 Å². The molecule has 1 fully saturated rings. The van der Waals surface area contributed by atoms with Crippen LogP contribution in [0, 0.1) is 0 Å². The third kappa shape index (κ3) is 4.11. The number of hydrogen-bond acceptors (Lipinski definition) is 4. The topological polar surface area (TPSA) is 41.9 Å². The van der Waals surface area contributed by atoms with Crippen molar-refractivity contribution >= 4 is 0 Å². The van der Waals surface area contributed by atoms with Gasteiger partial charge in [0.25, 0.3) is 0 Å². The van der Waals surface area contributed by atoms with Crippen LogP contribution in [0.2, 0.25) is 0 Å². The summed E-state index contributed by atoms with van der Waals surface area (Å²) in [6.07, 6.45) is 3.68. The highest BCUT2D eigenvalue weighted by molar-refractivity contribution is 5.39. The largest absolute Gasteiger partial charge is 0.497 e. The zero-order valence-corrected chi connectivity index (χ0v) is 11.6. The molecule has 1 heterocycles. The number of rotatable bonds is 7. The van der Waals surface area contributed by atoms with E-state index >= 15 is 0 Å². The minimum atomic E-state index is -0.0291. The Bertz CT molecular complexity index is 389. The molecule has 1 aliphatic heterocycles. The van der Waals surface area contributed by atoms with Crippen LogP contribution in [0.15, 0.2) is 18.2 Å². The van der Waals surface area contributed by atoms with Gasteiger partial charge in [0.05, 0.1) is 20.3 Å². The summed E-state index contributed by atoms with van der Waals surface area (Å²) in [5.74, 6) is 1.50. The van der Waals surface area contributed by atoms with Crippen molar-refractivity contribution in [3.8, 4) is 11.5 Å². The lowest BCUT2D eigenvalue weighted by Gasteiger charge is -2.15. The standard InChI is InChI=1S/C15H23NO3/c1-18-14-5-6-15(13(11-14)12-17)19-10-4-9-16-7-2-3-8-16/h5-6,11,17H,2-4,7-10,12H2,1H3. The molecule has 1 aliphatic rings. The van der Waals surface area contributed by atoms with E-state index in [9.17, 15) is 5.11 Å². The minimum Gasteiger partial charge on any atom is -0.497 e. The first-order valence-electron chi connectivity index (χ1n) is 6.96. The van der Waals surface area contributed by atoms with Crippen molar-refractivity contribution in [3.63, 3.8) is 0 Å². The Morgan fingerprint density at radius 2 is 2.05 bits per heavy atom. The van der Waals surface area contributed by atoms with Crippen LogP contribution in [0.1, 0.15) is 24.8 Å². The lowest BCUT2D eigenvalue weighted by molar-refractivity contribution is 0.245. The Labute approximate surface area is 114 Å². The fraction of sp³-hybridized carbons (Fsp3) is 0.600. The average Bonchev–Trinajstić information content (AvgIpc) is 2.96. The first-order valence-corrected chi connectivity index (χ1v) is 6.96. The predicted molar refractivity (Wildman–Crippen MR) is 74.7 cm³/mol. The Morgan fingerprint density at radius 3 is 2.74 bits per heavy atom. The molecule has 0 saturated carbocycles. The molecule has 1 aromatic carbocycles. The van der Waals surface area contributed by atoms with Crippen molar-refractivity contribution in [2.24, 2.45) is 0 Å². The Balaban J connectivity index is 1.78. The zero-order valence-electron chi connectivity index (χ0n) is 11.6. The van der Waals surface area contributed by atoms with E-state index in [1.165, 1.54) is 25.9 Å². The molecule has 4 heteroatoms. The molecule has 0 bridgehead atoms. The number of methoxy groups -OCH3 is 1. The van der Waals surface area contributed by atoms with E-state index in [4.69, 9.17) is 9.47 Å². The van der Waals surface area contributed by atoms with Gasteiger partial charge in [0.15, 0.2) is 0 Å². The number of aliphatic hydroxyl groups excluding tert-OH is 1. The number of nitrogens with zero attached hydrogens (tertiary/aromatic N) is 1. The van der Waals surface area contributed by atoms with Crippen molar-refractivity contribution in [1.29, 1.82) is 0 Å². The van der Waals surface area contributed by atoms with E-state index in [-0.39, 0.29) is 6.61 Å². The highest BCUT2D eigenvalue weighted by Gasteiger charge is 2.10. The number of likely N-dealkylation sites (tertiary alicyclic amines) is 1. The maximum Gasteiger partial charge on any atom is 0.125 e. The molecule has 0 unspecified atom stereocenters. The lowest BCUT2D eigenvalue weighted by atomic mass is 10.2. The molecule has 4 nitrogen and oxygen atoms in total. The number of ether oxygens (including phenoxy) is 2. The maximum atomic E-state index is 9.32. The second-order valence-corrected chi connectivity index (χ2v) is 4.88. The van der Waals surface area contributed by atoms with E-state index in [1.54, 1.807) is 7.11 Å². The van der Waals surface area contributed by atoms with Crippen LogP contribution in [0.25, 0.3) is 0 Å². The van der Waals surface area contributed by atoms with Crippen LogP contribution in [-0.2, 0) is 6.61 Å². The van der Waals surface area contributed by atoms with Crippen molar-refractivity contribution in [1.82, 2.24) is 4.90 Å². The normalized spacial score (nSPS) is 15.7. The van der Waals surface area contributed by atoms with Gasteiger partial charge in [0, 0.05) is 12.1 Å². The van der Waals surface area contributed by atoms with Crippen LogP contribution in [0.3, 0.4) is 0 Å². The minimum absolute atomic E-state index is 0.0291. The summed E-state index contributed by atoms with van der Waals surface area (Å²) < 4.78 is 10.9. The molecule has 0 radical (unpaired) electrons. The lowest BCUT2D eigenvalue weighted by Crippen LogP contribution is -2.22. The summed E-state index contributed by atoms with van der Waals surface area (Å²) in [4.78, 5) is 2.48. The summed E-state index contributed by atoms with van der Waals surface area (Å²) in [6.45, 7) is 4.22. The van der Waals surface area contributed by atoms with Gasteiger partial charge in [0.2, 0.25) is 0 Å². The molecule has 0 spiro atoms. The van der Waals surface area contributed by atoms with Crippen LogP contribution in [0.4, 0.5) is 0 Å². The van der Waals surface area contributed by atoms with Gasteiger partial charge in [-0.1, -0.05) is 0 Å². The third-order valence-electron chi connectivity index (χ3n) is 3.51. The molecule has 1 N–H and O–H groups in total. The van der Waals surface area contributed by atoms with Crippen LogP contribution in [-0.4, -0.2) is 43.4 Å². The molecular formula is C15H23NO3. The first-order chi connectivity index (χ1) is 9.33. The van der Waals surface area contributed by atoms with Gasteiger partial charge in [-0.15, -0.1) is 0 Å². The maximum absolute atomic E-state index is 9.32. The van der Waals surface area contributed by atoms with E-state index in [0.29, 0.717) is 6.61 Å². The van der Waals surface area contributed by atoms with Gasteiger partial charge in [-0.2, -0.15) is 0 Å². The predicted octanol–water partition coefficient (Wildman–Crippen LogP) is 2.05. The molecule has 0 aliphatic carbocycles. The van der Waals surface area contributed by atoms with Crippen LogP contribution >= 0.6 is 0 Å². The van der Waals surface area contributed by atoms with E-state index < -0.39 is 0 Å². The fourth-order valence-corrected chi connectivity index (χ4v) is 2.42. The van der Waals surface area contributed by atoms with Gasteiger partial charge in [-0.25, -0.2) is 0 Å². The number of aliphatic hydroxyl groups is 1. The van der Waals surface area contributed by atoms with Crippen molar-refractivity contribution in [2.75, 3.05) is 33.4 Å². The van der Waals surface area contributed by atoms with Crippen molar-refractivity contribution in [2.45, 2.75) is 25.9 Å². The average molecular weight is 265 g/mol. The van der Waals surface area contributed by atoms with E-state index in [1.807, 2.05) is 18.2 Å². The van der Waals surface area contributed by atoms with E-state index in [0.717, 1.165) is 30.0 Å². The SMILES string of the molecule is COc1ccc(OCCCN2CCCC2)c(CO)c1. The number of benzene rings is 1. The quantitative estimate of drug-likeness (QED) is 0.766. The summed E-state index contributed by atoms with van der Waals surface area (Å²) in [7, 11) is 1.62. The Hall–Kier alpha value is -1.26. The van der Waals surface area contributed by atoms with E-state index in [2.05, 4.69) is 4.90 Å². The summed E-state index contributed by atoms with van der Waals surface area (Å²) in [6, 6.07) is 5.53. The van der Waals surface area contributed by atoms with Gasteiger partial charge in [0.1, 0.15) is 11.5 Å². The van der Waals surface area contributed by atoms with Gasteiger partial charge < -0.3 is 19.5 Å². The van der Waals surface area contributed by atoms with Crippen molar-refractivity contribution in [3.05, 3.63) is 23.8 Å². The Morgan fingerprint density at radius 1 is 1.26 bits per heavy atom. The summed E-state index contributed by atoms with van der Waals surface area (Å²) >= 11 is 0. The molecule has 1 aromatic rings. The summed E-state index contributed by atoms with van der Waals surface area (Å²) in [5.41, 5.74) is 0.778. The fourth-order valence-electron chi connectivity index (χ4n) is 2.42. The Kier molecular flexibility index (Phi) is 5.48. The van der Waals surface area contributed by atoms with Crippen LogP contribution < -0.4 is 9.47 Å². The molecular weight excluding hydrogens is 242 g/mol. The second-order valence-electron chi connectivity index (χ2n) is 4.88. The molecule has 0 atom stereocenters. The second kappa shape index (κ2) is 7.36. The molecule has 2 rings (SSSR count). The molecule has 106 valence electrons. The smallest absolute Gasteiger partial charge is 0.125 e. The third-order valence-corrected chi connectivity index (χ3v) is 3.51. The molecule has 19 heavy (non-hydrogen) atoms. The summed E-state index contributed by atoms with van der Waals surface area (Å²) in [5, 5.41) is 9.32. The first kappa shape index (κ1) is 14.2. The van der Waals surface area contributed by atoms with Gasteiger partial charge in [-0.3, -0.25) is 0 Å². The molecule has 1 saturated heterocycles. The van der Waals surface area contributed by atoms with Gasteiger partial charge >= 0.3 is 0 Å². The van der Waals surface area contributed by atoms with Crippen molar-refractivity contribution < 1.29 is 14.6 Å².